The van der Waals surface area contributed by atoms with Gasteiger partial charge in [-0.2, -0.15) is 0 Å². The van der Waals surface area contributed by atoms with Gasteiger partial charge in [-0.15, -0.1) is 0 Å². The first-order valence-corrected chi connectivity index (χ1v) is 8.93. The van der Waals surface area contributed by atoms with Crippen molar-refractivity contribution >= 4 is 22.7 Å². The molecule has 0 saturated carbocycles. The third kappa shape index (κ3) is 3.20. The number of oxazole rings is 1. The van der Waals surface area contributed by atoms with Gasteiger partial charge in [-0.25, -0.2) is 9.18 Å². The van der Waals surface area contributed by atoms with E-state index in [1.54, 1.807) is 48.3 Å². The number of benzene rings is 2. The first kappa shape index (κ1) is 17.3. The van der Waals surface area contributed by atoms with E-state index in [1.807, 2.05) is 0 Å². The van der Waals surface area contributed by atoms with Crippen LogP contribution >= 0.6 is 0 Å². The summed E-state index contributed by atoms with van der Waals surface area (Å²) < 4.78 is 20.4. The van der Waals surface area contributed by atoms with E-state index >= 15 is 0 Å². The number of nitrogens with zero attached hydrogens (tertiary/aromatic N) is 2. The number of fused-ring (bicyclic) bond motifs is 1. The summed E-state index contributed by atoms with van der Waals surface area (Å²) in [6.45, 7) is 1.11. The van der Waals surface area contributed by atoms with Crippen molar-refractivity contribution in [3.8, 4) is 0 Å². The molecule has 1 aliphatic rings. The number of rotatable bonds is 3. The first-order chi connectivity index (χ1) is 13.0. The maximum Gasteiger partial charge on any atom is 0.419 e. The van der Waals surface area contributed by atoms with Gasteiger partial charge in [0.2, 0.25) is 0 Å². The fourth-order valence-corrected chi connectivity index (χ4v) is 3.51. The second-order valence-corrected chi connectivity index (χ2v) is 6.77. The van der Waals surface area contributed by atoms with Gasteiger partial charge in [-0.05, 0) is 37.1 Å². The number of likely N-dealkylation sites (tertiary alicyclic amines) is 1. The molecule has 0 radical (unpaired) electrons. The number of aromatic nitrogens is 1. The van der Waals surface area contributed by atoms with Crippen LogP contribution in [0.5, 0.6) is 0 Å². The number of para-hydroxylation sites is 2. The third-order valence-corrected chi connectivity index (χ3v) is 5.06. The van der Waals surface area contributed by atoms with Crippen LogP contribution < -0.4 is 11.1 Å². The van der Waals surface area contributed by atoms with Crippen LogP contribution in [0.1, 0.15) is 23.2 Å². The van der Waals surface area contributed by atoms with E-state index in [2.05, 4.69) is 5.32 Å². The number of hydrogen-bond donors (Lipinski definition) is 1. The summed E-state index contributed by atoms with van der Waals surface area (Å²) in [6, 6.07) is 11.9. The van der Waals surface area contributed by atoms with Gasteiger partial charge in [0.1, 0.15) is 5.82 Å². The fraction of sp³-hybridized carbons (Fsp3) is 0.300. The largest absolute Gasteiger partial charge is 0.419 e. The van der Waals surface area contributed by atoms with Gasteiger partial charge in [-0.1, -0.05) is 18.2 Å². The lowest BCUT2D eigenvalue weighted by Gasteiger charge is -2.33. The molecule has 140 valence electrons. The van der Waals surface area contributed by atoms with Gasteiger partial charge in [-0.3, -0.25) is 9.36 Å². The number of aryl methyl sites for hydroxylation is 1. The molecular weight excluding hydrogens is 349 g/mol. The van der Waals surface area contributed by atoms with Gasteiger partial charge < -0.3 is 14.6 Å². The SMILES string of the molecule is Cn1c(=O)oc2c(C(=O)N3CCC(Nc4ccccc4F)CC3)cccc21. The molecule has 1 amide bonds. The Morgan fingerprint density at radius 2 is 1.89 bits per heavy atom. The van der Waals surface area contributed by atoms with Crippen LogP contribution in [0.3, 0.4) is 0 Å². The second-order valence-electron chi connectivity index (χ2n) is 6.77. The molecule has 1 N–H and O–H groups in total. The quantitative estimate of drug-likeness (QED) is 0.771. The summed E-state index contributed by atoms with van der Waals surface area (Å²) in [5.74, 6) is -0.917. The molecule has 1 fully saturated rings. The van der Waals surface area contributed by atoms with Crippen molar-refractivity contribution in [3.63, 3.8) is 0 Å². The topological polar surface area (TPSA) is 67.5 Å². The fourth-order valence-electron chi connectivity index (χ4n) is 3.51. The first-order valence-electron chi connectivity index (χ1n) is 8.93. The number of hydrogen-bond acceptors (Lipinski definition) is 4. The van der Waals surface area contributed by atoms with Crippen molar-refractivity contribution in [2.45, 2.75) is 18.9 Å². The minimum atomic E-state index is -0.488. The zero-order valence-corrected chi connectivity index (χ0v) is 14.9. The smallest absolute Gasteiger partial charge is 0.407 e. The Labute approximate surface area is 155 Å². The van der Waals surface area contributed by atoms with Gasteiger partial charge in [0.15, 0.2) is 5.58 Å². The van der Waals surface area contributed by atoms with E-state index in [0.717, 1.165) is 12.8 Å². The van der Waals surface area contributed by atoms with E-state index in [-0.39, 0.29) is 17.8 Å². The molecule has 0 spiro atoms. The molecule has 1 saturated heterocycles. The maximum absolute atomic E-state index is 13.8. The summed E-state index contributed by atoms with van der Waals surface area (Å²) in [6.07, 6.45) is 1.43. The highest BCUT2D eigenvalue weighted by Gasteiger charge is 2.26. The lowest BCUT2D eigenvalue weighted by atomic mass is 10.0. The molecule has 0 unspecified atom stereocenters. The Morgan fingerprint density at radius 1 is 1.15 bits per heavy atom. The average Bonchev–Trinajstić information content (AvgIpc) is 2.98. The van der Waals surface area contributed by atoms with Crippen molar-refractivity contribution in [2.75, 3.05) is 18.4 Å². The molecule has 1 aromatic heterocycles. The molecule has 1 aliphatic heterocycles. The van der Waals surface area contributed by atoms with Crippen LogP contribution in [0.25, 0.3) is 11.1 Å². The highest BCUT2D eigenvalue weighted by Crippen LogP contribution is 2.23. The van der Waals surface area contributed by atoms with E-state index in [0.29, 0.717) is 35.4 Å². The summed E-state index contributed by atoms with van der Waals surface area (Å²) in [7, 11) is 1.61. The normalized spacial score (nSPS) is 15.3. The highest BCUT2D eigenvalue weighted by atomic mass is 19.1. The molecule has 4 rings (SSSR count). The summed E-state index contributed by atoms with van der Waals surface area (Å²) >= 11 is 0. The number of carbonyl (C=O) groups excluding carboxylic acids is 1. The van der Waals surface area contributed by atoms with Crippen LogP contribution in [0.15, 0.2) is 51.7 Å². The lowest BCUT2D eigenvalue weighted by molar-refractivity contribution is 0.0719. The lowest BCUT2D eigenvalue weighted by Crippen LogP contribution is -2.42. The van der Waals surface area contributed by atoms with Gasteiger partial charge >= 0.3 is 5.76 Å². The molecule has 0 aliphatic carbocycles. The predicted octanol–water partition coefficient (Wildman–Crippen LogP) is 2.99. The van der Waals surface area contributed by atoms with Crippen LogP contribution in [0.2, 0.25) is 0 Å². The molecule has 7 heteroatoms. The van der Waals surface area contributed by atoms with Crippen molar-refractivity contribution in [1.82, 2.24) is 9.47 Å². The van der Waals surface area contributed by atoms with Crippen LogP contribution in [-0.4, -0.2) is 34.5 Å². The van der Waals surface area contributed by atoms with Crippen LogP contribution in [0, 0.1) is 5.82 Å². The van der Waals surface area contributed by atoms with E-state index < -0.39 is 5.76 Å². The Morgan fingerprint density at radius 3 is 2.63 bits per heavy atom. The number of carbonyl (C=O) groups is 1. The number of amides is 1. The standard InChI is InChI=1S/C20H20FN3O3/c1-23-17-8-4-5-14(18(17)27-20(23)26)19(25)24-11-9-13(10-12-24)22-16-7-3-2-6-15(16)21/h2-8,13,22H,9-12H2,1H3. The molecule has 27 heavy (non-hydrogen) atoms. The molecule has 0 bridgehead atoms. The Hall–Kier alpha value is -3.09. The molecule has 6 nitrogen and oxygen atoms in total. The highest BCUT2D eigenvalue weighted by molar-refractivity contribution is 6.04. The average molecular weight is 369 g/mol. The number of piperidine rings is 1. The van der Waals surface area contributed by atoms with Crippen molar-refractivity contribution in [1.29, 1.82) is 0 Å². The number of halogens is 1. The molecule has 0 atom stereocenters. The van der Waals surface area contributed by atoms with Gasteiger partial charge in [0.05, 0.1) is 16.8 Å². The van der Waals surface area contributed by atoms with Gasteiger partial charge in [0, 0.05) is 26.2 Å². The zero-order chi connectivity index (χ0) is 19.0. The summed E-state index contributed by atoms with van der Waals surface area (Å²) in [5.41, 5.74) is 1.80. The third-order valence-electron chi connectivity index (χ3n) is 5.06. The predicted molar refractivity (Wildman–Crippen MR) is 100 cm³/mol. The Kier molecular flexibility index (Phi) is 4.43. The molecular formula is C20H20FN3O3. The number of anilines is 1. The van der Waals surface area contributed by atoms with Crippen molar-refractivity contribution < 1.29 is 13.6 Å². The van der Waals surface area contributed by atoms with Crippen LogP contribution in [0.4, 0.5) is 10.1 Å². The van der Waals surface area contributed by atoms with Gasteiger partial charge in [0.25, 0.3) is 5.91 Å². The molecule has 3 aromatic rings. The minimum absolute atomic E-state index is 0.108. The minimum Gasteiger partial charge on any atom is -0.407 e. The van der Waals surface area contributed by atoms with E-state index in [4.69, 9.17) is 4.42 Å². The summed E-state index contributed by atoms with van der Waals surface area (Å²) in [5, 5.41) is 3.21. The second kappa shape index (κ2) is 6.90. The van der Waals surface area contributed by atoms with Crippen molar-refractivity contribution in [2.24, 2.45) is 7.05 Å². The monoisotopic (exact) mass is 369 g/mol. The number of nitrogens with one attached hydrogen (secondary N) is 1. The Bertz CT molecular complexity index is 1050. The summed E-state index contributed by atoms with van der Waals surface area (Å²) in [4.78, 5) is 26.4. The van der Waals surface area contributed by atoms with Crippen molar-refractivity contribution in [3.05, 3.63) is 64.4 Å². The Balaban J connectivity index is 1.47. The maximum atomic E-state index is 13.8. The van der Waals surface area contributed by atoms with Crippen LogP contribution in [-0.2, 0) is 7.05 Å². The van der Waals surface area contributed by atoms with E-state index in [9.17, 15) is 14.0 Å². The molecule has 2 heterocycles. The molecule has 2 aromatic carbocycles. The zero-order valence-electron chi connectivity index (χ0n) is 14.9. The van der Waals surface area contributed by atoms with E-state index in [1.165, 1.54) is 10.6 Å².